The van der Waals surface area contributed by atoms with Crippen molar-refractivity contribution in [3.8, 4) is 0 Å². The summed E-state index contributed by atoms with van der Waals surface area (Å²) in [5.74, 6) is 0.991. The number of carbonyl (C=O) groups is 1. The molecule has 3 heteroatoms. The Kier molecular flexibility index (Phi) is 4.84. The van der Waals surface area contributed by atoms with Crippen molar-refractivity contribution in [1.82, 2.24) is 4.90 Å². The molecule has 1 heterocycles. The van der Waals surface area contributed by atoms with Crippen molar-refractivity contribution in [2.45, 2.75) is 51.8 Å². The molecule has 1 fully saturated rings. The van der Waals surface area contributed by atoms with Gasteiger partial charge < -0.3 is 4.90 Å². The van der Waals surface area contributed by atoms with Crippen molar-refractivity contribution in [2.24, 2.45) is 11.3 Å². The van der Waals surface area contributed by atoms with Gasteiger partial charge in [-0.15, -0.1) is 0 Å². The lowest BCUT2D eigenvalue weighted by molar-refractivity contribution is -0.130. The molecule has 0 radical (unpaired) electrons. The van der Waals surface area contributed by atoms with Gasteiger partial charge in [-0.3, -0.25) is 4.79 Å². The molecule has 1 aliphatic rings. The van der Waals surface area contributed by atoms with Crippen LogP contribution in [0.5, 0.6) is 0 Å². The number of likely N-dealkylation sites (tertiary alicyclic amines) is 1. The fourth-order valence-electron chi connectivity index (χ4n) is 2.43. The molecule has 1 amide bonds. The van der Waals surface area contributed by atoms with E-state index < -0.39 is 0 Å². The van der Waals surface area contributed by atoms with Crippen LogP contribution in [0.15, 0.2) is 0 Å². The number of nitrogens with zero attached hydrogens (tertiary/aromatic N) is 1. The van der Waals surface area contributed by atoms with Crippen LogP contribution >= 0.6 is 15.9 Å². The average Bonchev–Trinajstić information content (AvgIpc) is 2.40. The van der Waals surface area contributed by atoms with Crippen molar-refractivity contribution in [1.29, 1.82) is 0 Å². The molecule has 0 aromatic rings. The Morgan fingerprint density at radius 3 is 2.44 bits per heavy atom. The average molecular weight is 290 g/mol. The molecule has 0 saturated carbocycles. The number of alkyl halides is 1. The van der Waals surface area contributed by atoms with Crippen LogP contribution in [-0.4, -0.2) is 28.7 Å². The lowest BCUT2D eigenvalue weighted by Crippen LogP contribution is -2.36. The summed E-state index contributed by atoms with van der Waals surface area (Å²) in [5, 5.41) is 0. The molecule has 0 aromatic heterocycles. The van der Waals surface area contributed by atoms with E-state index in [9.17, 15) is 4.79 Å². The Hall–Kier alpha value is -0.0500. The summed E-state index contributed by atoms with van der Waals surface area (Å²) < 4.78 is 0. The van der Waals surface area contributed by atoms with Gasteiger partial charge in [0.15, 0.2) is 0 Å². The number of hydrogen-bond donors (Lipinski definition) is 0. The van der Waals surface area contributed by atoms with Crippen molar-refractivity contribution < 1.29 is 4.79 Å². The van der Waals surface area contributed by atoms with Gasteiger partial charge in [0.05, 0.1) is 4.83 Å². The van der Waals surface area contributed by atoms with Gasteiger partial charge in [0.2, 0.25) is 5.91 Å². The summed E-state index contributed by atoms with van der Waals surface area (Å²) in [6.45, 7) is 10.7. The predicted octanol–water partition coefficient (Wildman–Crippen LogP) is 3.44. The summed E-state index contributed by atoms with van der Waals surface area (Å²) in [6.07, 6.45) is 3.55. The molecular weight excluding hydrogens is 266 g/mol. The van der Waals surface area contributed by atoms with Crippen LogP contribution in [-0.2, 0) is 4.79 Å². The molecule has 2 atom stereocenters. The summed E-state index contributed by atoms with van der Waals surface area (Å²) in [7, 11) is 0. The Balaban J connectivity index is 2.56. The zero-order chi connectivity index (χ0) is 12.3. The maximum atomic E-state index is 11.9. The third-order valence-corrected chi connectivity index (χ3v) is 4.00. The van der Waals surface area contributed by atoms with Gasteiger partial charge in [-0.1, -0.05) is 36.7 Å². The number of amides is 1. The zero-order valence-corrected chi connectivity index (χ0v) is 12.5. The van der Waals surface area contributed by atoms with Gasteiger partial charge in [-0.25, -0.2) is 0 Å². The highest BCUT2D eigenvalue weighted by atomic mass is 79.9. The minimum Gasteiger partial charge on any atom is -0.342 e. The Labute approximate surface area is 108 Å². The Morgan fingerprint density at radius 1 is 1.31 bits per heavy atom. The molecule has 0 aromatic carbocycles. The van der Waals surface area contributed by atoms with E-state index in [2.05, 4.69) is 36.7 Å². The topological polar surface area (TPSA) is 20.3 Å². The SMILES string of the molecule is CC(Br)C(=O)N1CCCC(C(C)(C)C)CC1. The van der Waals surface area contributed by atoms with E-state index in [0.29, 0.717) is 5.41 Å². The molecule has 0 N–H and O–H groups in total. The first-order valence-corrected chi connectivity index (χ1v) is 7.17. The molecule has 2 unspecified atom stereocenters. The molecule has 16 heavy (non-hydrogen) atoms. The first-order chi connectivity index (χ1) is 7.32. The van der Waals surface area contributed by atoms with Crippen molar-refractivity contribution in [3.05, 3.63) is 0 Å². The Morgan fingerprint density at radius 2 is 1.94 bits per heavy atom. The smallest absolute Gasteiger partial charge is 0.236 e. The second kappa shape index (κ2) is 5.52. The number of rotatable bonds is 1. The molecule has 1 saturated heterocycles. The number of hydrogen-bond acceptors (Lipinski definition) is 1. The van der Waals surface area contributed by atoms with Crippen LogP contribution in [0, 0.1) is 11.3 Å². The van der Waals surface area contributed by atoms with Crippen molar-refractivity contribution >= 4 is 21.8 Å². The summed E-state index contributed by atoms with van der Waals surface area (Å²) in [4.78, 5) is 13.9. The minimum absolute atomic E-state index is 0.0429. The Bertz CT molecular complexity index is 245. The highest BCUT2D eigenvalue weighted by molar-refractivity contribution is 9.10. The summed E-state index contributed by atoms with van der Waals surface area (Å²) in [6, 6.07) is 0. The third kappa shape index (κ3) is 3.76. The normalized spacial score (nSPS) is 25.1. The van der Waals surface area contributed by atoms with E-state index >= 15 is 0 Å². The van der Waals surface area contributed by atoms with Gasteiger partial charge in [-0.05, 0) is 37.5 Å². The molecule has 1 rings (SSSR count). The summed E-state index contributed by atoms with van der Waals surface area (Å²) >= 11 is 3.36. The van der Waals surface area contributed by atoms with Gasteiger partial charge in [0, 0.05) is 13.1 Å². The fourth-order valence-corrected chi connectivity index (χ4v) is 2.72. The maximum Gasteiger partial charge on any atom is 0.236 e. The predicted molar refractivity (Wildman–Crippen MR) is 71.8 cm³/mol. The van der Waals surface area contributed by atoms with Crippen LogP contribution in [0.25, 0.3) is 0 Å². The molecule has 2 nitrogen and oxygen atoms in total. The monoisotopic (exact) mass is 289 g/mol. The van der Waals surface area contributed by atoms with Crippen LogP contribution in [0.2, 0.25) is 0 Å². The largest absolute Gasteiger partial charge is 0.342 e. The van der Waals surface area contributed by atoms with Crippen LogP contribution in [0.4, 0.5) is 0 Å². The maximum absolute atomic E-state index is 11.9. The second-order valence-corrected chi connectivity index (χ2v) is 7.31. The standard InChI is InChI=1S/C13H24BrNO/c1-10(14)12(16)15-8-5-6-11(7-9-15)13(2,3)4/h10-11H,5-9H2,1-4H3. The fraction of sp³-hybridized carbons (Fsp3) is 0.923. The third-order valence-electron chi connectivity index (χ3n) is 3.60. The quantitative estimate of drug-likeness (QED) is 0.677. The molecule has 1 aliphatic heterocycles. The van der Waals surface area contributed by atoms with E-state index in [-0.39, 0.29) is 10.7 Å². The van der Waals surface area contributed by atoms with Gasteiger partial charge in [-0.2, -0.15) is 0 Å². The molecule has 94 valence electrons. The van der Waals surface area contributed by atoms with E-state index in [1.165, 1.54) is 6.42 Å². The minimum atomic E-state index is -0.0429. The van der Waals surface area contributed by atoms with Crippen molar-refractivity contribution in [2.75, 3.05) is 13.1 Å². The lowest BCUT2D eigenvalue weighted by atomic mass is 9.77. The van der Waals surface area contributed by atoms with E-state index in [1.807, 2.05) is 11.8 Å². The van der Waals surface area contributed by atoms with Crippen LogP contribution < -0.4 is 0 Å². The highest BCUT2D eigenvalue weighted by Crippen LogP contribution is 2.34. The zero-order valence-electron chi connectivity index (χ0n) is 10.9. The first kappa shape index (κ1) is 14.0. The van der Waals surface area contributed by atoms with Gasteiger partial charge >= 0.3 is 0 Å². The molecule has 0 bridgehead atoms. The molecular formula is C13H24BrNO. The second-order valence-electron chi connectivity index (χ2n) is 5.94. The van der Waals surface area contributed by atoms with Gasteiger partial charge in [0.1, 0.15) is 0 Å². The number of carbonyl (C=O) groups excluding carboxylic acids is 1. The van der Waals surface area contributed by atoms with E-state index in [4.69, 9.17) is 0 Å². The lowest BCUT2D eigenvalue weighted by Gasteiger charge is -2.29. The molecule has 0 aliphatic carbocycles. The molecule has 0 spiro atoms. The van der Waals surface area contributed by atoms with Crippen molar-refractivity contribution in [3.63, 3.8) is 0 Å². The van der Waals surface area contributed by atoms with E-state index in [0.717, 1.165) is 31.8 Å². The highest BCUT2D eigenvalue weighted by Gasteiger charge is 2.29. The first-order valence-electron chi connectivity index (χ1n) is 6.25. The van der Waals surface area contributed by atoms with Crippen LogP contribution in [0.3, 0.4) is 0 Å². The summed E-state index contributed by atoms with van der Waals surface area (Å²) in [5.41, 5.74) is 0.374. The van der Waals surface area contributed by atoms with E-state index in [1.54, 1.807) is 0 Å². The number of halogens is 1. The van der Waals surface area contributed by atoms with Gasteiger partial charge in [0.25, 0.3) is 0 Å². The van der Waals surface area contributed by atoms with Crippen LogP contribution in [0.1, 0.15) is 47.0 Å².